The molecule has 0 amide bonds. The van der Waals surface area contributed by atoms with E-state index in [1.165, 1.54) is 49.8 Å². The van der Waals surface area contributed by atoms with Crippen LogP contribution in [0.1, 0.15) is 49.3 Å². The van der Waals surface area contributed by atoms with Crippen LogP contribution in [0, 0.1) is 12.8 Å². The largest absolute Gasteiger partial charge is 0.330 e. The highest BCUT2D eigenvalue weighted by molar-refractivity contribution is 5.26. The first-order valence-electron chi connectivity index (χ1n) is 7.67. The summed E-state index contributed by atoms with van der Waals surface area (Å²) >= 11 is 0. The van der Waals surface area contributed by atoms with Crippen molar-refractivity contribution >= 4 is 0 Å². The summed E-state index contributed by atoms with van der Waals surface area (Å²) in [6.07, 6.45) is 10.6. The molecule has 1 aromatic heterocycles. The van der Waals surface area contributed by atoms with Gasteiger partial charge in [0, 0.05) is 24.5 Å². The van der Waals surface area contributed by atoms with Crippen molar-refractivity contribution in [3.63, 3.8) is 0 Å². The summed E-state index contributed by atoms with van der Waals surface area (Å²) in [7, 11) is 0. The Bertz CT molecular complexity index is 428. The first-order valence-corrected chi connectivity index (χ1v) is 7.67. The SMILES string of the molecule is Cc1ccncc1C1C(CN)CCCCN1C1CC1. The Kier molecular flexibility index (Phi) is 3.85. The van der Waals surface area contributed by atoms with Crippen LogP contribution in [-0.2, 0) is 0 Å². The number of aryl methyl sites for hydroxylation is 1. The fraction of sp³-hybridized carbons (Fsp3) is 0.688. The predicted octanol–water partition coefficient (Wildman–Crippen LogP) is 2.65. The molecule has 2 N–H and O–H groups in total. The molecule has 2 unspecified atom stereocenters. The van der Waals surface area contributed by atoms with Gasteiger partial charge in [-0.25, -0.2) is 0 Å². The van der Waals surface area contributed by atoms with Crippen molar-refractivity contribution in [2.24, 2.45) is 11.7 Å². The Morgan fingerprint density at radius 3 is 2.84 bits per heavy atom. The van der Waals surface area contributed by atoms with Gasteiger partial charge in [0.15, 0.2) is 0 Å². The maximum Gasteiger partial charge on any atom is 0.0409 e. The van der Waals surface area contributed by atoms with E-state index in [4.69, 9.17) is 5.73 Å². The molecule has 3 rings (SSSR count). The molecule has 2 atom stereocenters. The standard InChI is InChI=1S/C16H25N3/c1-12-7-8-18-11-15(12)16-13(10-17)4-2-3-9-19(16)14-5-6-14/h7-8,11,13-14,16H,2-6,9-10,17H2,1H3. The predicted molar refractivity (Wildman–Crippen MR) is 77.8 cm³/mol. The van der Waals surface area contributed by atoms with E-state index < -0.39 is 0 Å². The zero-order valence-corrected chi connectivity index (χ0v) is 11.9. The number of rotatable bonds is 3. The van der Waals surface area contributed by atoms with Gasteiger partial charge >= 0.3 is 0 Å². The van der Waals surface area contributed by atoms with Gasteiger partial charge in [0.1, 0.15) is 0 Å². The van der Waals surface area contributed by atoms with Crippen molar-refractivity contribution in [3.05, 3.63) is 29.6 Å². The molecule has 2 aliphatic rings. The topological polar surface area (TPSA) is 42.1 Å². The Hall–Kier alpha value is -0.930. The van der Waals surface area contributed by atoms with Gasteiger partial charge < -0.3 is 5.73 Å². The summed E-state index contributed by atoms with van der Waals surface area (Å²) < 4.78 is 0. The summed E-state index contributed by atoms with van der Waals surface area (Å²) in [5.41, 5.74) is 8.86. The molecule has 1 aliphatic carbocycles. The minimum absolute atomic E-state index is 0.494. The molecule has 19 heavy (non-hydrogen) atoms. The summed E-state index contributed by atoms with van der Waals surface area (Å²) in [5, 5.41) is 0. The van der Waals surface area contributed by atoms with Gasteiger partial charge in [0.05, 0.1) is 0 Å². The zero-order valence-electron chi connectivity index (χ0n) is 11.9. The number of likely N-dealkylation sites (tertiary alicyclic amines) is 1. The molecule has 2 fully saturated rings. The van der Waals surface area contributed by atoms with Crippen LogP contribution < -0.4 is 5.73 Å². The second-order valence-electron chi connectivity index (χ2n) is 6.14. The molecule has 2 heterocycles. The first-order chi connectivity index (χ1) is 9.31. The Labute approximate surface area is 116 Å². The maximum absolute atomic E-state index is 6.09. The van der Waals surface area contributed by atoms with Gasteiger partial charge in [-0.2, -0.15) is 0 Å². The molecule has 104 valence electrons. The second-order valence-corrected chi connectivity index (χ2v) is 6.14. The van der Waals surface area contributed by atoms with Gasteiger partial charge in [0.25, 0.3) is 0 Å². The smallest absolute Gasteiger partial charge is 0.0409 e. The Balaban J connectivity index is 1.96. The number of pyridine rings is 1. The van der Waals surface area contributed by atoms with Crippen molar-refractivity contribution in [2.45, 2.75) is 51.1 Å². The van der Waals surface area contributed by atoms with E-state index in [1.807, 2.05) is 6.20 Å². The van der Waals surface area contributed by atoms with Gasteiger partial charge in [-0.15, -0.1) is 0 Å². The summed E-state index contributed by atoms with van der Waals surface area (Å²) in [6, 6.07) is 3.43. The third-order valence-electron chi connectivity index (χ3n) is 4.76. The van der Waals surface area contributed by atoms with Crippen LogP contribution in [0.3, 0.4) is 0 Å². The van der Waals surface area contributed by atoms with Gasteiger partial charge in [-0.3, -0.25) is 9.88 Å². The highest BCUT2D eigenvalue weighted by Gasteiger charge is 2.39. The lowest BCUT2D eigenvalue weighted by Crippen LogP contribution is -2.37. The first kappa shape index (κ1) is 13.1. The fourth-order valence-corrected chi connectivity index (χ4v) is 3.55. The number of nitrogens with zero attached hydrogens (tertiary/aromatic N) is 2. The van der Waals surface area contributed by atoms with Crippen LogP contribution in [0.25, 0.3) is 0 Å². The Morgan fingerprint density at radius 1 is 1.32 bits per heavy atom. The lowest BCUT2D eigenvalue weighted by Gasteiger charge is -2.35. The van der Waals surface area contributed by atoms with Crippen LogP contribution in [-0.4, -0.2) is 29.0 Å². The molecule has 1 aromatic rings. The molecule has 0 spiro atoms. The monoisotopic (exact) mass is 259 g/mol. The van der Waals surface area contributed by atoms with Crippen LogP contribution in [0.5, 0.6) is 0 Å². The van der Waals surface area contributed by atoms with Crippen molar-refractivity contribution in [2.75, 3.05) is 13.1 Å². The van der Waals surface area contributed by atoms with E-state index in [-0.39, 0.29) is 0 Å². The van der Waals surface area contributed by atoms with E-state index in [9.17, 15) is 0 Å². The van der Waals surface area contributed by atoms with Crippen LogP contribution in [0.15, 0.2) is 18.5 Å². The third kappa shape index (κ3) is 2.67. The van der Waals surface area contributed by atoms with Crippen LogP contribution in [0.2, 0.25) is 0 Å². The minimum Gasteiger partial charge on any atom is -0.330 e. The van der Waals surface area contributed by atoms with Crippen molar-refractivity contribution < 1.29 is 0 Å². The molecule has 1 saturated heterocycles. The van der Waals surface area contributed by atoms with E-state index in [0.717, 1.165) is 12.6 Å². The van der Waals surface area contributed by atoms with Gasteiger partial charge in [0.2, 0.25) is 0 Å². The van der Waals surface area contributed by atoms with E-state index in [2.05, 4.69) is 29.1 Å². The fourth-order valence-electron chi connectivity index (χ4n) is 3.55. The molecule has 3 heteroatoms. The summed E-state index contributed by atoms with van der Waals surface area (Å²) in [5.74, 6) is 0.589. The summed E-state index contributed by atoms with van der Waals surface area (Å²) in [4.78, 5) is 7.10. The highest BCUT2D eigenvalue weighted by Crippen LogP contribution is 2.42. The molecule has 1 saturated carbocycles. The van der Waals surface area contributed by atoms with Crippen molar-refractivity contribution in [1.29, 1.82) is 0 Å². The molecule has 1 aliphatic heterocycles. The van der Waals surface area contributed by atoms with Gasteiger partial charge in [-0.05, 0) is 68.8 Å². The van der Waals surface area contributed by atoms with E-state index in [0.29, 0.717) is 12.0 Å². The number of hydrogen-bond donors (Lipinski definition) is 1. The van der Waals surface area contributed by atoms with Crippen LogP contribution in [0.4, 0.5) is 0 Å². The van der Waals surface area contributed by atoms with Crippen LogP contribution >= 0.6 is 0 Å². The minimum atomic E-state index is 0.494. The average Bonchev–Trinajstić information content (AvgIpc) is 3.25. The zero-order chi connectivity index (χ0) is 13.2. The lowest BCUT2D eigenvalue weighted by atomic mass is 9.88. The van der Waals surface area contributed by atoms with Crippen molar-refractivity contribution in [3.8, 4) is 0 Å². The van der Waals surface area contributed by atoms with E-state index >= 15 is 0 Å². The number of hydrogen-bond acceptors (Lipinski definition) is 3. The summed E-state index contributed by atoms with van der Waals surface area (Å²) in [6.45, 7) is 4.24. The van der Waals surface area contributed by atoms with E-state index in [1.54, 1.807) is 0 Å². The lowest BCUT2D eigenvalue weighted by molar-refractivity contribution is 0.148. The van der Waals surface area contributed by atoms with Crippen molar-refractivity contribution in [1.82, 2.24) is 9.88 Å². The highest BCUT2D eigenvalue weighted by atomic mass is 15.2. The quantitative estimate of drug-likeness (QED) is 0.907. The molecule has 3 nitrogen and oxygen atoms in total. The average molecular weight is 259 g/mol. The second kappa shape index (κ2) is 5.59. The molecule has 0 aromatic carbocycles. The molecule has 0 radical (unpaired) electrons. The number of nitrogens with two attached hydrogens (primary N) is 1. The molecular formula is C16H25N3. The molecule has 0 bridgehead atoms. The maximum atomic E-state index is 6.09. The van der Waals surface area contributed by atoms with Gasteiger partial charge in [-0.1, -0.05) is 6.42 Å². The Morgan fingerprint density at radius 2 is 2.16 bits per heavy atom. The third-order valence-corrected chi connectivity index (χ3v) is 4.76. The molecular weight excluding hydrogens is 234 g/mol. The number of aromatic nitrogens is 1. The normalized spacial score (nSPS) is 29.2.